The van der Waals surface area contributed by atoms with Crippen LogP contribution in [0.4, 0.5) is 0 Å². The van der Waals surface area contributed by atoms with Gasteiger partial charge in [0, 0.05) is 29.6 Å². The predicted octanol–water partition coefficient (Wildman–Crippen LogP) is 4.04. The first-order valence-electron chi connectivity index (χ1n) is 10.2. The molecular weight excluding hydrogens is 440 g/mol. The molecule has 1 saturated carbocycles. The zero-order valence-electron chi connectivity index (χ0n) is 16.6. The average molecular weight is 461 g/mol. The van der Waals surface area contributed by atoms with Crippen LogP contribution in [0.5, 0.6) is 11.5 Å². The van der Waals surface area contributed by atoms with Gasteiger partial charge in [0.2, 0.25) is 16.8 Å². The molecule has 0 amide bonds. The van der Waals surface area contributed by atoms with Gasteiger partial charge in [0.15, 0.2) is 11.5 Å². The van der Waals surface area contributed by atoms with Crippen LogP contribution in [-0.4, -0.2) is 30.5 Å². The molecule has 2 aliphatic rings. The summed E-state index contributed by atoms with van der Waals surface area (Å²) >= 11 is 6.23. The number of pyridine rings is 1. The molecule has 1 N–H and O–H groups in total. The molecule has 7 nitrogen and oxygen atoms in total. The highest BCUT2D eigenvalue weighted by molar-refractivity contribution is 7.89. The van der Waals surface area contributed by atoms with Crippen molar-refractivity contribution in [2.24, 2.45) is 0 Å². The van der Waals surface area contributed by atoms with E-state index in [1.807, 2.05) is 0 Å². The summed E-state index contributed by atoms with van der Waals surface area (Å²) < 4.78 is 39.4. The SMILES string of the molecule is O=c1[nH]c2cc3c(cc2cc1CN(C1CCCC1)S(=O)(=O)c1ccccc1Cl)OCO3. The van der Waals surface area contributed by atoms with Crippen molar-refractivity contribution in [3.05, 3.63) is 63.4 Å². The van der Waals surface area contributed by atoms with E-state index >= 15 is 0 Å². The third kappa shape index (κ3) is 3.69. The molecule has 0 saturated heterocycles. The summed E-state index contributed by atoms with van der Waals surface area (Å²) in [5.41, 5.74) is 0.650. The van der Waals surface area contributed by atoms with Gasteiger partial charge in [0.1, 0.15) is 4.90 Å². The van der Waals surface area contributed by atoms with Gasteiger partial charge in [-0.1, -0.05) is 36.6 Å². The number of aromatic nitrogens is 1. The van der Waals surface area contributed by atoms with Crippen LogP contribution in [0, 0.1) is 0 Å². The molecule has 1 aliphatic carbocycles. The van der Waals surface area contributed by atoms with Crippen molar-refractivity contribution in [2.45, 2.75) is 43.2 Å². The van der Waals surface area contributed by atoms with Crippen LogP contribution in [0.1, 0.15) is 31.2 Å². The molecule has 0 unspecified atom stereocenters. The number of aromatic amines is 1. The largest absolute Gasteiger partial charge is 0.454 e. The molecule has 2 aromatic carbocycles. The standard InChI is InChI=1S/C22H21ClN2O5S/c23-17-7-3-4-8-21(17)31(27,28)25(16-5-1-2-6-16)12-15-9-14-10-19-20(30-13-29-19)11-18(14)24-22(15)26/h3-4,7-11,16H,1-2,5-6,12-13H2,(H,24,26). The molecule has 162 valence electrons. The summed E-state index contributed by atoms with van der Waals surface area (Å²) in [5.74, 6) is 1.17. The van der Waals surface area contributed by atoms with Gasteiger partial charge in [-0.2, -0.15) is 4.31 Å². The summed E-state index contributed by atoms with van der Waals surface area (Å²) in [6.07, 6.45) is 3.43. The van der Waals surface area contributed by atoms with Gasteiger partial charge in [0.25, 0.3) is 5.56 Å². The van der Waals surface area contributed by atoms with Crippen molar-refractivity contribution in [1.82, 2.24) is 9.29 Å². The first kappa shape index (κ1) is 20.4. The van der Waals surface area contributed by atoms with Gasteiger partial charge in [-0.3, -0.25) is 4.79 Å². The molecule has 3 aromatic rings. The number of rotatable bonds is 5. The highest BCUT2D eigenvalue weighted by atomic mass is 35.5. The Morgan fingerprint density at radius 3 is 2.52 bits per heavy atom. The van der Waals surface area contributed by atoms with E-state index in [-0.39, 0.29) is 34.9 Å². The minimum atomic E-state index is -3.89. The second-order valence-electron chi connectivity index (χ2n) is 7.84. The number of nitrogens with zero attached hydrogens (tertiary/aromatic N) is 1. The monoisotopic (exact) mass is 460 g/mol. The minimum absolute atomic E-state index is 0.0298. The van der Waals surface area contributed by atoms with E-state index < -0.39 is 10.0 Å². The molecule has 9 heteroatoms. The van der Waals surface area contributed by atoms with Crippen molar-refractivity contribution < 1.29 is 17.9 Å². The summed E-state index contributed by atoms with van der Waals surface area (Å²) in [4.78, 5) is 15.7. The van der Waals surface area contributed by atoms with E-state index in [1.165, 1.54) is 10.4 Å². The van der Waals surface area contributed by atoms with E-state index in [1.54, 1.807) is 36.4 Å². The fourth-order valence-corrected chi connectivity index (χ4v) is 6.47. The minimum Gasteiger partial charge on any atom is -0.454 e. The molecule has 0 bridgehead atoms. The molecule has 1 aromatic heterocycles. The van der Waals surface area contributed by atoms with Crippen molar-refractivity contribution >= 4 is 32.5 Å². The maximum atomic E-state index is 13.6. The molecule has 0 spiro atoms. The number of halogens is 1. The lowest BCUT2D eigenvalue weighted by Crippen LogP contribution is -2.39. The zero-order valence-corrected chi connectivity index (χ0v) is 18.2. The normalized spacial score (nSPS) is 16.5. The maximum Gasteiger partial charge on any atom is 0.252 e. The highest BCUT2D eigenvalue weighted by Gasteiger charge is 2.35. The number of sulfonamides is 1. The van der Waals surface area contributed by atoms with Crippen molar-refractivity contribution in [3.63, 3.8) is 0 Å². The Kier molecular flexibility index (Phi) is 5.16. The Balaban J connectivity index is 1.58. The third-order valence-electron chi connectivity index (χ3n) is 5.90. The zero-order chi connectivity index (χ0) is 21.6. The smallest absolute Gasteiger partial charge is 0.252 e. The topological polar surface area (TPSA) is 88.7 Å². The quantitative estimate of drug-likeness (QED) is 0.620. The van der Waals surface area contributed by atoms with E-state index in [2.05, 4.69) is 4.98 Å². The van der Waals surface area contributed by atoms with Gasteiger partial charge in [-0.25, -0.2) is 8.42 Å². The first-order valence-corrected chi connectivity index (χ1v) is 12.0. The van der Waals surface area contributed by atoms with Gasteiger partial charge in [0.05, 0.1) is 10.5 Å². The summed E-state index contributed by atoms with van der Waals surface area (Å²) in [6.45, 7) is 0.103. The van der Waals surface area contributed by atoms with Gasteiger partial charge >= 0.3 is 0 Å². The summed E-state index contributed by atoms with van der Waals surface area (Å²) in [6, 6.07) is 11.5. The Morgan fingerprint density at radius 2 is 1.77 bits per heavy atom. The fraction of sp³-hybridized carbons (Fsp3) is 0.318. The molecule has 0 atom stereocenters. The molecular formula is C22H21ClN2O5S. The molecule has 31 heavy (non-hydrogen) atoms. The van der Waals surface area contributed by atoms with Crippen molar-refractivity contribution in [2.75, 3.05) is 6.79 Å². The van der Waals surface area contributed by atoms with Crippen molar-refractivity contribution in [3.8, 4) is 11.5 Å². The second-order valence-corrected chi connectivity index (χ2v) is 10.1. The third-order valence-corrected chi connectivity index (χ3v) is 8.29. The number of hydrogen-bond acceptors (Lipinski definition) is 5. The number of hydrogen-bond donors (Lipinski definition) is 1. The lowest BCUT2D eigenvalue weighted by atomic mass is 10.1. The van der Waals surface area contributed by atoms with Crippen molar-refractivity contribution in [1.29, 1.82) is 0 Å². The number of H-pyrrole nitrogens is 1. The lowest BCUT2D eigenvalue weighted by Gasteiger charge is -2.28. The summed E-state index contributed by atoms with van der Waals surface area (Å²) in [7, 11) is -3.89. The number of ether oxygens (including phenoxy) is 2. The Morgan fingerprint density at radius 1 is 1.06 bits per heavy atom. The summed E-state index contributed by atoms with van der Waals surface area (Å²) in [5, 5.41) is 0.922. The first-order chi connectivity index (χ1) is 14.9. The maximum absolute atomic E-state index is 13.6. The van der Waals surface area contributed by atoms with Crippen LogP contribution >= 0.6 is 11.6 Å². The number of nitrogens with one attached hydrogen (secondary N) is 1. The van der Waals surface area contributed by atoms with Gasteiger partial charge < -0.3 is 14.5 Å². The predicted molar refractivity (Wildman–Crippen MR) is 117 cm³/mol. The Hall–Kier alpha value is -2.55. The van der Waals surface area contributed by atoms with Gasteiger partial charge in [-0.05, 0) is 37.1 Å². The fourth-order valence-electron chi connectivity index (χ4n) is 4.31. The molecule has 1 aliphatic heterocycles. The Bertz CT molecular complexity index is 1320. The number of benzene rings is 2. The van der Waals surface area contributed by atoms with Crippen LogP contribution in [-0.2, 0) is 16.6 Å². The van der Waals surface area contributed by atoms with Crippen LogP contribution in [0.25, 0.3) is 10.9 Å². The average Bonchev–Trinajstić information content (AvgIpc) is 3.42. The molecule has 2 heterocycles. The highest BCUT2D eigenvalue weighted by Crippen LogP contribution is 2.36. The van der Waals surface area contributed by atoms with Gasteiger partial charge in [-0.15, -0.1) is 0 Å². The Labute approximate surface area is 184 Å². The lowest BCUT2D eigenvalue weighted by molar-refractivity contribution is 0.174. The molecule has 5 rings (SSSR count). The van der Waals surface area contributed by atoms with E-state index in [4.69, 9.17) is 21.1 Å². The van der Waals surface area contributed by atoms with E-state index in [0.717, 1.165) is 31.1 Å². The van der Waals surface area contributed by atoms with Crippen LogP contribution in [0.15, 0.2) is 52.2 Å². The van der Waals surface area contributed by atoms with E-state index in [9.17, 15) is 13.2 Å². The molecule has 1 fully saturated rings. The molecule has 0 radical (unpaired) electrons. The second kappa shape index (κ2) is 7.85. The van der Waals surface area contributed by atoms with E-state index in [0.29, 0.717) is 22.6 Å². The van der Waals surface area contributed by atoms with Crippen LogP contribution in [0.3, 0.4) is 0 Å². The number of fused-ring (bicyclic) bond motifs is 2. The van der Waals surface area contributed by atoms with Crippen LogP contribution in [0.2, 0.25) is 5.02 Å². The van der Waals surface area contributed by atoms with Crippen LogP contribution < -0.4 is 15.0 Å².